The number of halogens is 2. The number of nitrogens with zero attached hydrogens (tertiary/aromatic N) is 4. The van der Waals surface area contributed by atoms with Crippen LogP contribution in [0.5, 0.6) is 11.6 Å². The average Bonchev–Trinajstić information content (AvgIpc) is 3.75. The molecular formula is C29H23Cl2N5O5S. The number of aromatic nitrogens is 2. The molecule has 0 atom stereocenters. The van der Waals surface area contributed by atoms with Gasteiger partial charge in [0, 0.05) is 31.4 Å². The summed E-state index contributed by atoms with van der Waals surface area (Å²) >= 11 is 13.7. The number of carboxylic acids is 1. The van der Waals surface area contributed by atoms with Crippen LogP contribution >= 0.6 is 34.5 Å². The van der Waals surface area contributed by atoms with Crippen LogP contribution in [0.3, 0.4) is 0 Å². The fourth-order valence-corrected chi connectivity index (χ4v) is 6.08. The van der Waals surface area contributed by atoms with Gasteiger partial charge in [-0.25, -0.2) is 14.8 Å². The number of nitrogens with one attached hydrogen (secondary N) is 1. The van der Waals surface area contributed by atoms with Crippen LogP contribution in [-0.2, 0) is 0 Å². The van der Waals surface area contributed by atoms with Crippen molar-refractivity contribution < 1.29 is 24.2 Å². The number of fused-ring (bicyclic) bond motifs is 1. The third kappa shape index (κ3) is 5.38. The number of para-hydroxylation sites is 2. The molecule has 1 aliphatic carbocycles. The number of pyridine rings is 1. The van der Waals surface area contributed by atoms with Crippen LogP contribution in [0.4, 0.5) is 16.5 Å². The van der Waals surface area contributed by atoms with Crippen molar-refractivity contribution in [2.24, 2.45) is 0 Å². The largest absolute Gasteiger partial charge is 0.477 e. The smallest absolute Gasteiger partial charge is 0.347 e. The summed E-state index contributed by atoms with van der Waals surface area (Å²) in [5.74, 6) is -1.89. The van der Waals surface area contributed by atoms with Gasteiger partial charge >= 0.3 is 5.97 Å². The number of aromatic carboxylic acids is 1. The van der Waals surface area contributed by atoms with Crippen molar-refractivity contribution in [1.82, 2.24) is 9.97 Å². The molecule has 0 unspecified atom stereocenters. The maximum Gasteiger partial charge on any atom is 0.347 e. The summed E-state index contributed by atoms with van der Waals surface area (Å²) in [6, 6.07) is 14.4. The number of aryl methyl sites for hydroxylation is 1. The number of hydrogen-bond acceptors (Lipinski definition) is 8. The molecule has 1 saturated carbocycles. The van der Waals surface area contributed by atoms with E-state index < -0.39 is 11.9 Å². The molecule has 0 bridgehead atoms. The van der Waals surface area contributed by atoms with Crippen molar-refractivity contribution in [2.75, 3.05) is 28.2 Å². The Morgan fingerprint density at radius 1 is 1.02 bits per heavy atom. The van der Waals surface area contributed by atoms with Gasteiger partial charge in [0.25, 0.3) is 11.8 Å². The van der Waals surface area contributed by atoms with Crippen LogP contribution in [-0.4, -0.2) is 52.0 Å². The third-order valence-corrected chi connectivity index (χ3v) is 8.63. The predicted octanol–water partition coefficient (Wildman–Crippen LogP) is 6.53. The quantitative estimate of drug-likeness (QED) is 0.238. The number of hydrogen-bond donors (Lipinski definition) is 2. The number of carbonyl (C=O) groups is 3. The molecule has 0 spiro atoms. The number of carbonyl (C=O) groups excluding carboxylic acids is 2. The number of ether oxygens (including phenoxy) is 1. The molecule has 42 heavy (non-hydrogen) atoms. The molecule has 3 heterocycles. The van der Waals surface area contributed by atoms with Gasteiger partial charge in [-0.05, 0) is 50.1 Å². The average molecular weight is 625 g/mol. The second-order valence-electron chi connectivity index (χ2n) is 9.78. The lowest BCUT2D eigenvalue weighted by Gasteiger charge is -2.38. The van der Waals surface area contributed by atoms with E-state index in [0.717, 1.165) is 42.1 Å². The highest BCUT2D eigenvalue weighted by atomic mass is 35.5. The minimum Gasteiger partial charge on any atom is -0.477 e. The first kappa shape index (κ1) is 28.0. The predicted molar refractivity (Wildman–Crippen MR) is 161 cm³/mol. The van der Waals surface area contributed by atoms with Gasteiger partial charge in [-0.1, -0.05) is 46.7 Å². The number of amides is 2. The highest BCUT2D eigenvalue weighted by Gasteiger charge is 2.36. The van der Waals surface area contributed by atoms with Crippen molar-refractivity contribution in [3.63, 3.8) is 0 Å². The van der Waals surface area contributed by atoms with Crippen LogP contribution in [0.1, 0.15) is 48.9 Å². The molecule has 1 aliphatic heterocycles. The maximum atomic E-state index is 13.8. The lowest BCUT2D eigenvalue weighted by molar-refractivity contribution is 0.0700. The highest BCUT2D eigenvalue weighted by molar-refractivity contribution is 7.17. The molecule has 2 amide bonds. The Morgan fingerprint density at radius 2 is 1.79 bits per heavy atom. The number of benzene rings is 2. The second-order valence-corrected chi connectivity index (χ2v) is 11.6. The van der Waals surface area contributed by atoms with Gasteiger partial charge in [0.15, 0.2) is 5.13 Å². The molecule has 1 fully saturated rings. The summed E-state index contributed by atoms with van der Waals surface area (Å²) in [5, 5.41) is 12.0. The monoisotopic (exact) mass is 623 g/mol. The number of carboxylic acid groups (broad SMARTS) is 1. The standard InChI is InChI=1S/C29H23Cl2N5O5S/c1-15-24(28(39)40)42-29(33-15)34-25(37)18-13-20(31)23(14-19(18)30)41-26-17(5-4-10-32-26)27(38)36-12-11-35(16-8-9-16)21-6-2-3-7-22(21)36/h2-7,10,13-14,16H,8-9,11-12H2,1H3,(H,39,40)(H,33,34,37). The summed E-state index contributed by atoms with van der Waals surface area (Å²) in [7, 11) is 0. The van der Waals surface area contributed by atoms with Crippen molar-refractivity contribution >= 4 is 68.8 Å². The Balaban J connectivity index is 1.24. The molecule has 2 aromatic carbocycles. The van der Waals surface area contributed by atoms with E-state index in [9.17, 15) is 19.5 Å². The summed E-state index contributed by atoms with van der Waals surface area (Å²) in [6.45, 7) is 2.78. The molecule has 214 valence electrons. The van der Waals surface area contributed by atoms with Crippen LogP contribution in [0.15, 0.2) is 54.7 Å². The fraction of sp³-hybridized carbons (Fsp3) is 0.207. The van der Waals surface area contributed by atoms with Gasteiger partial charge in [0.2, 0.25) is 5.88 Å². The maximum absolute atomic E-state index is 13.8. The molecule has 13 heteroatoms. The molecule has 6 rings (SSSR count). The highest BCUT2D eigenvalue weighted by Crippen LogP contribution is 2.41. The van der Waals surface area contributed by atoms with Crippen molar-refractivity contribution in [2.45, 2.75) is 25.8 Å². The van der Waals surface area contributed by atoms with E-state index in [-0.39, 0.29) is 54.4 Å². The molecule has 2 aromatic heterocycles. The first-order valence-electron chi connectivity index (χ1n) is 13.0. The fourth-order valence-electron chi connectivity index (χ4n) is 4.84. The second kappa shape index (κ2) is 11.2. The summed E-state index contributed by atoms with van der Waals surface area (Å²) in [4.78, 5) is 50.5. The molecular weight excluding hydrogens is 601 g/mol. The normalized spacial score (nSPS) is 14.4. The van der Waals surface area contributed by atoms with Gasteiger partial charge in [-0.15, -0.1) is 0 Å². The Labute approximate surface area is 254 Å². The molecule has 2 aliphatic rings. The summed E-state index contributed by atoms with van der Waals surface area (Å²) in [5.41, 5.74) is 2.42. The Bertz CT molecular complexity index is 1740. The van der Waals surface area contributed by atoms with E-state index in [2.05, 4.69) is 20.2 Å². The molecule has 0 radical (unpaired) electrons. The van der Waals surface area contributed by atoms with Crippen LogP contribution < -0.4 is 19.9 Å². The molecule has 10 nitrogen and oxygen atoms in total. The van der Waals surface area contributed by atoms with Crippen LogP contribution in [0, 0.1) is 6.92 Å². The van der Waals surface area contributed by atoms with Gasteiger partial charge in [0.05, 0.1) is 32.7 Å². The van der Waals surface area contributed by atoms with E-state index in [1.165, 1.54) is 25.3 Å². The lowest BCUT2D eigenvalue weighted by atomic mass is 10.1. The molecule has 2 N–H and O–H groups in total. The zero-order chi connectivity index (χ0) is 29.5. The Hall–Kier alpha value is -4.19. The van der Waals surface area contributed by atoms with Gasteiger partial charge in [-0.2, -0.15) is 0 Å². The number of thiazole rings is 1. The lowest BCUT2D eigenvalue weighted by Crippen LogP contribution is -2.45. The van der Waals surface area contributed by atoms with Crippen LogP contribution in [0.2, 0.25) is 10.0 Å². The van der Waals surface area contributed by atoms with Crippen molar-refractivity contribution in [3.05, 3.63) is 86.5 Å². The first-order valence-corrected chi connectivity index (χ1v) is 14.6. The zero-order valence-electron chi connectivity index (χ0n) is 22.1. The van der Waals surface area contributed by atoms with E-state index in [1.807, 2.05) is 24.3 Å². The molecule has 4 aromatic rings. The minimum atomic E-state index is -1.13. The third-order valence-electron chi connectivity index (χ3n) is 6.96. The number of anilines is 3. The SMILES string of the molecule is Cc1nc(NC(=O)c2cc(Cl)c(Oc3ncccc3C(=O)N3CCN(C4CC4)c4ccccc43)cc2Cl)sc1C(=O)O. The Morgan fingerprint density at radius 3 is 2.50 bits per heavy atom. The van der Waals surface area contributed by atoms with Crippen molar-refractivity contribution in [3.8, 4) is 11.6 Å². The van der Waals surface area contributed by atoms with E-state index >= 15 is 0 Å². The number of rotatable bonds is 7. The minimum absolute atomic E-state index is 0.0205. The molecule has 0 saturated heterocycles. The van der Waals surface area contributed by atoms with E-state index in [0.29, 0.717) is 12.6 Å². The van der Waals surface area contributed by atoms with Gasteiger partial charge in [-0.3, -0.25) is 14.9 Å². The van der Waals surface area contributed by atoms with Gasteiger partial charge in [0.1, 0.15) is 16.2 Å². The first-order chi connectivity index (χ1) is 20.2. The zero-order valence-corrected chi connectivity index (χ0v) is 24.5. The van der Waals surface area contributed by atoms with Crippen molar-refractivity contribution in [1.29, 1.82) is 0 Å². The van der Waals surface area contributed by atoms with E-state index in [4.69, 9.17) is 27.9 Å². The Kier molecular flexibility index (Phi) is 7.48. The topological polar surface area (TPSA) is 125 Å². The summed E-state index contributed by atoms with van der Waals surface area (Å²) in [6.07, 6.45) is 3.82. The van der Waals surface area contributed by atoms with Gasteiger partial charge < -0.3 is 19.6 Å². The summed E-state index contributed by atoms with van der Waals surface area (Å²) < 4.78 is 6.00. The van der Waals surface area contributed by atoms with Crippen LogP contribution in [0.25, 0.3) is 0 Å². The van der Waals surface area contributed by atoms with E-state index in [1.54, 1.807) is 17.0 Å².